The van der Waals surface area contributed by atoms with Crippen LogP contribution in [-0.4, -0.2) is 22.9 Å². The summed E-state index contributed by atoms with van der Waals surface area (Å²) in [7, 11) is 0. The number of hydrogen-bond acceptors (Lipinski definition) is 2. The average Bonchev–Trinajstić information content (AvgIpc) is 1.87. The van der Waals surface area contributed by atoms with E-state index in [0.29, 0.717) is 0 Å². The molecule has 0 aliphatic rings. The first-order valence-electron chi connectivity index (χ1n) is 3.55. The van der Waals surface area contributed by atoms with E-state index in [2.05, 4.69) is 0 Å². The molecule has 2 N–H and O–H groups in total. The van der Waals surface area contributed by atoms with Gasteiger partial charge >= 0.3 is 0 Å². The monoisotopic (exact) mass is 144 g/mol. The van der Waals surface area contributed by atoms with Crippen LogP contribution in [-0.2, 0) is 0 Å². The zero-order chi connectivity index (χ0) is 8.15. The van der Waals surface area contributed by atoms with Gasteiger partial charge in [-0.25, -0.2) is 0 Å². The van der Waals surface area contributed by atoms with Crippen LogP contribution in [0.1, 0.15) is 20.8 Å². The lowest BCUT2D eigenvalue weighted by Crippen LogP contribution is -2.05. The first kappa shape index (κ1) is 9.66. The van der Waals surface area contributed by atoms with Crippen molar-refractivity contribution in [2.75, 3.05) is 6.61 Å². The van der Waals surface area contributed by atoms with E-state index in [4.69, 9.17) is 10.2 Å². The Labute approximate surface area is 62.2 Å². The first-order chi connectivity index (χ1) is 4.57. The Morgan fingerprint density at radius 3 is 2.30 bits per heavy atom. The molecule has 60 valence electrons. The van der Waals surface area contributed by atoms with Crippen molar-refractivity contribution in [3.05, 3.63) is 11.6 Å². The topological polar surface area (TPSA) is 40.5 Å². The summed E-state index contributed by atoms with van der Waals surface area (Å²) >= 11 is 0. The van der Waals surface area contributed by atoms with E-state index in [9.17, 15) is 0 Å². The fraction of sp³-hybridized carbons (Fsp3) is 0.750. The highest BCUT2D eigenvalue weighted by molar-refractivity contribution is 5.04. The summed E-state index contributed by atoms with van der Waals surface area (Å²) in [4.78, 5) is 0. The molecular weight excluding hydrogens is 128 g/mol. The van der Waals surface area contributed by atoms with Crippen LogP contribution in [0.4, 0.5) is 0 Å². The molecule has 0 aliphatic carbocycles. The van der Waals surface area contributed by atoms with E-state index in [1.54, 1.807) is 6.92 Å². The summed E-state index contributed by atoms with van der Waals surface area (Å²) in [5.74, 6) is 0.148. The number of aliphatic hydroxyl groups is 2. The van der Waals surface area contributed by atoms with Crippen molar-refractivity contribution in [1.29, 1.82) is 0 Å². The molecule has 0 aromatic rings. The van der Waals surface area contributed by atoms with Gasteiger partial charge in [0.1, 0.15) is 0 Å². The fourth-order valence-corrected chi connectivity index (χ4v) is 0.641. The van der Waals surface area contributed by atoms with Gasteiger partial charge in [0.05, 0.1) is 6.10 Å². The molecule has 0 aromatic heterocycles. The third kappa shape index (κ3) is 3.64. The Bertz CT molecular complexity index is 116. The minimum Gasteiger partial charge on any atom is -0.396 e. The highest BCUT2D eigenvalue weighted by Gasteiger charge is 2.00. The molecule has 0 amide bonds. The molecule has 2 atom stereocenters. The summed E-state index contributed by atoms with van der Waals surface area (Å²) in [6.45, 7) is 5.63. The smallest absolute Gasteiger partial charge is 0.0719 e. The summed E-state index contributed by atoms with van der Waals surface area (Å²) in [5, 5.41) is 17.7. The van der Waals surface area contributed by atoms with E-state index < -0.39 is 6.10 Å². The van der Waals surface area contributed by atoms with Gasteiger partial charge in [-0.1, -0.05) is 13.0 Å². The van der Waals surface area contributed by atoms with Crippen LogP contribution in [0.5, 0.6) is 0 Å². The Morgan fingerprint density at radius 2 is 2.00 bits per heavy atom. The molecule has 0 aromatic carbocycles. The van der Waals surface area contributed by atoms with Gasteiger partial charge in [-0.2, -0.15) is 0 Å². The molecule has 2 unspecified atom stereocenters. The summed E-state index contributed by atoms with van der Waals surface area (Å²) in [5.41, 5.74) is 0.918. The number of rotatable bonds is 3. The van der Waals surface area contributed by atoms with Gasteiger partial charge in [-0.3, -0.25) is 0 Å². The summed E-state index contributed by atoms with van der Waals surface area (Å²) in [6.07, 6.45) is 1.49. The van der Waals surface area contributed by atoms with Crippen LogP contribution in [0, 0.1) is 5.92 Å². The fourth-order valence-electron chi connectivity index (χ4n) is 0.641. The van der Waals surface area contributed by atoms with Crippen LogP contribution in [0.15, 0.2) is 11.6 Å². The molecule has 0 spiro atoms. The van der Waals surface area contributed by atoms with Crippen molar-refractivity contribution in [3.63, 3.8) is 0 Å². The van der Waals surface area contributed by atoms with E-state index in [-0.39, 0.29) is 12.5 Å². The van der Waals surface area contributed by atoms with Crippen molar-refractivity contribution < 1.29 is 10.2 Å². The molecule has 10 heavy (non-hydrogen) atoms. The molecular formula is C8H16O2. The maximum Gasteiger partial charge on any atom is 0.0719 e. The molecule has 0 rings (SSSR count). The predicted molar refractivity (Wildman–Crippen MR) is 41.7 cm³/mol. The maximum absolute atomic E-state index is 9.02. The third-order valence-electron chi connectivity index (χ3n) is 1.49. The van der Waals surface area contributed by atoms with E-state index in [1.807, 2.05) is 19.9 Å². The normalized spacial score (nSPS) is 18.7. The van der Waals surface area contributed by atoms with Crippen LogP contribution >= 0.6 is 0 Å². The van der Waals surface area contributed by atoms with Crippen LogP contribution in [0.2, 0.25) is 0 Å². The quantitative estimate of drug-likeness (QED) is 0.579. The number of hydrogen-bond donors (Lipinski definition) is 2. The molecule has 0 saturated carbocycles. The maximum atomic E-state index is 9.02. The van der Waals surface area contributed by atoms with E-state index >= 15 is 0 Å². The van der Waals surface area contributed by atoms with E-state index in [0.717, 1.165) is 5.57 Å². The van der Waals surface area contributed by atoms with Gasteiger partial charge in [-0.05, 0) is 25.3 Å². The second-order valence-corrected chi connectivity index (χ2v) is 2.75. The second-order valence-electron chi connectivity index (χ2n) is 2.75. The summed E-state index contributed by atoms with van der Waals surface area (Å²) < 4.78 is 0. The van der Waals surface area contributed by atoms with Crippen LogP contribution in [0.3, 0.4) is 0 Å². The van der Waals surface area contributed by atoms with Gasteiger partial charge in [-0.15, -0.1) is 0 Å². The first-order valence-corrected chi connectivity index (χ1v) is 3.55. The molecule has 0 fully saturated rings. The molecule has 2 heteroatoms. The van der Waals surface area contributed by atoms with Gasteiger partial charge in [0.2, 0.25) is 0 Å². The zero-order valence-electron chi connectivity index (χ0n) is 6.83. The SMILES string of the molecule is C/C(=C\C(C)CO)C(C)O. The lowest BCUT2D eigenvalue weighted by molar-refractivity contribution is 0.227. The average molecular weight is 144 g/mol. The Balaban J connectivity index is 3.89. The highest BCUT2D eigenvalue weighted by Crippen LogP contribution is 2.05. The third-order valence-corrected chi connectivity index (χ3v) is 1.49. The molecule has 0 bridgehead atoms. The lowest BCUT2D eigenvalue weighted by atomic mass is 10.1. The lowest BCUT2D eigenvalue weighted by Gasteiger charge is -2.06. The van der Waals surface area contributed by atoms with E-state index in [1.165, 1.54) is 0 Å². The molecule has 0 heterocycles. The Hall–Kier alpha value is -0.340. The van der Waals surface area contributed by atoms with Crippen molar-refractivity contribution >= 4 is 0 Å². The van der Waals surface area contributed by atoms with Gasteiger partial charge in [0.25, 0.3) is 0 Å². The van der Waals surface area contributed by atoms with Gasteiger partial charge in [0, 0.05) is 6.61 Å². The largest absolute Gasteiger partial charge is 0.396 e. The molecule has 0 saturated heterocycles. The second kappa shape index (κ2) is 4.47. The van der Waals surface area contributed by atoms with Crippen molar-refractivity contribution in [3.8, 4) is 0 Å². The van der Waals surface area contributed by atoms with Crippen molar-refractivity contribution in [2.24, 2.45) is 5.92 Å². The minimum atomic E-state index is -0.394. The number of aliphatic hydroxyl groups excluding tert-OH is 2. The van der Waals surface area contributed by atoms with Gasteiger partial charge in [0.15, 0.2) is 0 Å². The summed E-state index contributed by atoms with van der Waals surface area (Å²) in [6, 6.07) is 0. The standard InChI is InChI=1S/C8H16O2/c1-6(5-9)4-7(2)8(3)10/h4,6,8-10H,5H2,1-3H3/b7-4+. The Morgan fingerprint density at radius 1 is 1.50 bits per heavy atom. The highest BCUT2D eigenvalue weighted by atomic mass is 16.3. The van der Waals surface area contributed by atoms with Crippen molar-refractivity contribution in [2.45, 2.75) is 26.9 Å². The molecule has 0 aliphatic heterocycles. The Kier molecular flexibility index (Phi) is 4.32. The minimum absolute atomic E-state index is 0.143. The van der Waals surface area contributed by atoms with Crippen molar-refractivity contribution in [1.82, 2.24) is 0 Å². The molecule has 0 radical (unpaired) electrons. The van der Waals surface area contributed by atoms with Crippen LogP contribution < -0.4 is 0 Å². The predicted octanol–water partition coefficient (Wildman–Crippen LogP) is 0.942. The van der Waals surface area contributed by atoms with Gasteiger partial charge < -0.3 is 10.2 Å². The van der Waals surface area contributed by atoms with Crippen LogP contribution in [0.25, 0.3) is 0 Å². The zero-order valence-corrected chi connectivity index (χ0v) is 6.83. The molecule has 2 nitrogen and oxygen atoms in total.